The van der Waals surface area contributed by atoms with Gasteiger partial charge in [-0.25, -0.2) is 9.97 Å². The number of nitrogens with zero attached hydrogens (tertiary/aromatic N) is 7. The van der Waals surface area contributed by atoms with Gasteiger partial charge in [0.1, 0.15) is 11.2 Å². The molecule has 1 saturated heterocycles. The average Bonchev–Trinajstić information content (AvgIpc) is 3.49. The highest BCUT2D eigenvalue weighted by Gasteiger charge is 2.39. The summed E-state index contributed by atoms with van der Waals surface area (Å²) in [5.41, 5.74) is 2.12. The number of ether oxygens (including phenoxy) is 2. The molecule has 6 rings (SSSR count). The van der Waals surface area contributed by atoms with Crippen molar-refractivity contribution in [2.75, 3.05) is 55.9 Å². The van der Waals surface area contributed by atoms with Crippen LogP contribution in [0.15, 0.2) is 24.4 Å². The van der Waals surface area contributed by atoms with Gasteiger partial charge < -0.3 is 25.0 Å². The molecule has 4 aromatic heterocycles. The van der Waals surface area contributed by atoms with Gasteiger partial charge in [-0.3, -0.25) is 4.79 Å². The largest absolute Gasteiger partial charge is 0.479 e. The van der Waals surface area contributed by atoms with Crippen molar-refractivity contribution in [3.8, 4) is 17.3 Å². The van der Waals surface area contributed by atoms with Crippen molar-refractivity contribution in [3.05, 3.63) is 24.4 Å². The second-order valence-electron chi connectivity index (χ2n) is 8.98. The van der Waals surface area contributed by atoms with Crippen molar-refractivity contribution in [1.29, 1.82) is 0 Å². The lowest BCUT2D eigenvalue weighted by molar-refractivity contribution is -0.117. The van der Waals surface area contributed by atoms with Crippen LogP contribution in [0.4, 0.5) is 17.3 Å². The molecule has 2 N–H and O–H groups in total. The number of amides is 1. The minimum Gasteiger partial charge on any atom is -0.479 e. The maximum absolute atomic E-state index is 12.5. The Kier molecular flexibility index (Phi) is 4.72. The Labute approximate surface area is 211 Å². The molecular weight excluding hydrogens is 462 g/mol. The molecule has 5 heterocycles. The number of methoxy groups -OCH3 is 1. The van der Waals surface area contributed by atoms with Crippen molar-refractivity contribution in [3.63, 3.8) is 0 Å². The molecule has 0 unspecified atom stereocenters. The van der Waals surface area contributed by atoms with Crippen LogP contribution in [0.2, 0.25) is 0 Å². The van der Waals surface area contributed by atoms with E-state index in [0.717, 1.165) is 25.2 Å². The highest BCUT2D eigenvalue weighted by atomic mass is 16.5. The van der Waals surface area contributed by atoms with Crippen LogP contribution in [0.1, 0.15) is 17.5 Å². The molecule has 1 amide bonds. The number of rotatable bonds is 6. The molecule has 36 heavy (non-hydrogen) atoms. The summed E-state index contributed by atoms with van der Waals surface area (Å²) in [6, 6.07) is 5.43. The Morgan fingerprint density at radius 2 is 2.11 bits per heavy atom. The number of fused-ring (bicyclic) bond motifs is 2. The van der Waals surface area contributed by atoms with E-state index in [1.807, 2.05) is 19.1 Å². The van der Waals surface area contributed by atoms with Crippen LogP contribution in [-0.2, 0) is 9.53 Å². The molecule has 1 aliphatic carbocycles. The number of pyridine rings is 2. The van der Waals surface area contributed by atoms with Gasteiger partial charge in [-0.05, 0) is 30.5 Å². The topological polar surface area (TPSA) is 132 Å². The van der Waals surface area contributed by atoms with Gasteiger partial charge in [0.05, 0.1) is 20.3 Å². The number of carbonyl (C=O) groups is 1. The maximum Gasteiger partial charge on any atom is 0.240 e. The molecule has 2 atom stereocenters. The van der Waals surface area contributed by atoms with Crippen LogP contribution < -0.4 is 20.3 Å². The summed E-state index contributed by atoms with van der Waals surface area (Å²) in [5, 5.41) is 18.8. The Hall–Kier alpha value is -4.06. The minimum atomic E-state index is -2.50. The fourth-order valence-electron chi connectivity index (χ4n) is 4.53. The molecule has 0 aromatic carbocycles. The summed E-state index contributed by atoms with van der Waals surface area (Å²) >= 11 is 0. The maximum atomic E-state index is 12.5. The third-order valence-electron chi connectivity index (χ3n) is 6.67. The lowest BCUT2D eigenvalue weighted by atomic mass is 10.1. The number of aromatic nitrogens is 6. The first-order chi connectivity index (χ1) is 18.7. The molecule has 4 aromatic rings. The minimum absolute atomic E-state index is 0.0332. The molecule has 2 aliphatic rings. The first-order valence-corrected chi connectivity index (χ1v) is 11.7. The highest BCUT2D eigenvalue weighted by molar-refractivity contribution is 6.01. The van der Waals surface area contributed by atoms with Gasteiger partial charge in [0.25, 0.3) is 0 Å². The summed E-state index contributed by atoms with van der Waals surface area (Å²) in [7, 11) is 1.58. The normalized spacial score (nSPS) is 21.1. The lowest BCUT2D eigenvalue weighted by Crippen LogP contribution is -2.36. The van der Waals surface area contributed by atoms with Crippen molar-refractivity contribution in [2.24, 2.45) is 11.8 Å². The summed E-state index contributed by atoms with van der Waals surface area (Å²) in [6.07, 6.45) is 2.31. The van der Waals surface area contributed by atoms with Crippen LogP contribution in [0, 0.1) is 11.8 Å². The van der Waals surface area contributed by atoms with Crippen LogP contribution in [-0.4, -0.2) is 76.1 Å². The van der Waals surface area contributed by atoms with Gasteiger partial charge >= 0.3 is 0 Å². The lowest BCUT2D eigenvalue weighted by Gasteiger charge is -2.29. The predicted molar refractivity (Wildman–Crippen MR) is 134 cm³/mol. The molecule has 12 nitrogen and oxygen atoms in total. The number of morpholine rings is 1. The van der Waals surface area contributed by atoms with Gasteiger partial charge in [-0.2, -0.15) is 4.52 Å². The SMILES string of the molecule is [2H]C([2H])([2H])Nc1ncc(-c2nc3ccc(N4CCOCC4)c(OC)n3n2)c2cc(NC(=O)[C@H]3C[C@H]3C)nnc12. The van der Waals surface area contributed by atoms with E-state index >= 15 is 0 Å². The third kappa shape index (κ3) is 3.83. The molecule has 186 valence electrons. The summed E-state index contributed by atoms with van der Waals surface area (Å²) < 4.78 is 35.7. The number of carbonyl (C=O) groups excluding carboxylic acids is 1. The van der Waals surface area contributed by atoms with Gasteiger partial charge in [0.2, 0.25) is 11.8 Å². The monoisotopic (exact) mass is 492 g/mol. The quantitative estimate of drug-likeness (QED) is 0.413. The fourth-order valence-corrected chi connectivity index (χ4v) is 4.53. The first-order valence-electron chi connectivity index (χ1n) is 13.2. The van der Waals surface area contributed by atoms with Crippen LogP contribution >= 0.6 is 0 Å². The Morgan fingerprint density at radius 3 is 2.86 bits per heavy atom. The van der Waals surface area contributed by atoms with E-state index in [1.54, 1.807) is 17.7 Å². The molecule has 1 saturated carbocycles. The third-order valence-corrected chi connectivity index (χ3v) is 6.67. The Bertz CT molecular complexity index is 1570. The molecule has 2 fully saturated rings. The van der Waals surface area contributed by atoms with E-state index in [9.17, 15) is 4.79 Å². The zero-order valence-corrected chi connectivity index (χ0v) is 19.9. The zero-order valence-electron chi connectivity index (χ0n) is 22.9. The van der Waals surface area contributed by atoms with Crippen molar-refractivity contribution in [2.45, 2.75) is 13.3 Å². The molecule has 1 aliphatic heterocycles. The van der Waals surface area contributed by atoms with E-state index in [0.29, 0.717) is 47.4 Å². The average molecular weight is 493 g/mol. The van der Waals surface area contributed by atoms with Crippen LogP contribution in [0.5, 0.6) is 5.88 Å². The van der Waals surface area contributed by atoms with E-state index < -0.39 is 6.98 Å². The van der Waals surface area contributed by atoms with Gasteiger partial charge in [0.15, 0.2) is 23.1 Å². The van der Waals surface area contributed by atoms with E-state index in [-0.39, 0.29) is 29.0 Å². The van der Waals surface area contributed by atoms with Gasteiger partial charge in [0, 0.05) is 47.2 Å². The van der Waals surface area contributed by atoms with Crippen molar-refractivity contribution in [1.82, 2.24) is 29.8 Å². The smallest absolute Gasteiger partial charge is 0.240 e. The number of hydrogen-bond donors (Lipinski definition) is 2. The summed E-state index contributed by atoms with van der Waals surface area (Å²) in [6.45, 7) is 2.21. The molecular formula is C24H27N9O3. The van der Waals surface area contributed by atoms with Crippen LogP contribution in [0.25, 0.3) is 27.9 Å². The highest BCUT2D eigenvalue weighted by Crippen LogP contribution is 2.39. The molecule has 0 spiro atoms. The van der Waals surface area contributed by atoms with Crippen LogP contribution in [0.3, 0.4) is 0 Å². The molecule has 0 radical (unpaired) electrons. The van der Waals surface area contributed by atoms with Crippen molar-refractivity contribution < 1.29 is 18.4 Å². The summed E-state index contributed by atoms with van der Waals surface area (Å²) in [5.74, 6) is 1.27. The van der Waals surface area contributed by atoms with Crippen molar-refractivity contribution >= 4 is 39.8 Å². The summed E-state index contributed by atoms with van der Waals surface area (Å²) in [4.78, 5) is 23.7. The second-order valence-corrected chi connectivity index (χ2v) is 8.98. The Balaban J connectivity index is 1.46. The number of nitrogens with one attached hydrogen (secondary N) is 2. The fraction of sp³-hybridized carbons (Fsp3) is 0.417. The molecule has 12 heteroatoms. The van der Waals surface area contributed by atoms with E-state index in [4.69, 9.17) is 23.7 Å². The predicted octanol–water partition coefficient (Wildman–Crippen LogP) is 2.22. The van der Waals surface area contributed by atoms with E-state index in [2.05, 4.69) is 30.7 Å². The van der Waals surface area contributed by atoms with Gasteiger partial charge in [-0.1, -0.05) is 6.92 Å². The second kappa shape index (κ2) is 8.86. The van der Waals surface area contributed by atoms with E-state index in [1.165, 1.54) is 6.20 Å². The standard InChI is InChI=1S/C24H27N9O3/c1-13-10-14(13)23(34)27-18-11-15-16(12-26-22(25-2)20(15)30-29-18)21-28-19-5-4-17(24(35-3)33(19)31-21)32-6-8-36-9-7-32/h4-5,11-14H,6-10H2,1-3H3,(H,25,26)(H,27,29,34)/t13-,14+/m1/s1/i2D3. The Morgan fingerprint density at radius 1 is 1.28 bits per heavy atom. The number of anilines is 3. The zero-order chi connectivity index (χ0) is 27.3. The first kappa shape index (κ1) is 19.2. The van der Waals surface area contributed by atoms with Gasteiger partial charge in [-0.15, -0.1) is 15.3 Å². The number of hydrogen-bond acceptors (Lipinski definition) is 10. The molecule has 0 bridgehead atoms.